The van der Waals surface area contributed by atoms with Gasteiger partial charge in [-0.2, -0.15) is 5.10 Å². The maximum absolute atomic E-state index is 4.26. The Kier molecular flexibility index (Phi) is 5.64. The molecule has 1 aromatic heterocycles. The van der Waals surface area contributed by atoms with E-state index < -0.39 is 0 Å². The van der Waals surface area contributed by atoms with Crippen LogP contribution < -0.4 is 5.32 Å². The first kappa shape index (κ1) is 15.6. The molecule has 0 spiro atoms. The number of nitrogens with zero attached hydrogens (tertiary/aromatic N) is 2. The summed E-state index contributed by atoms with van der Waals surface area (Å²) in [4.78, 5) is 0. The second-order valence-electron chi connectivity index (χ2n) is 6.87. The third-order valence-electron chi connectivity index (χ3n) is 5.20. The molecule has 1 heterocycles. The summed E-state index contributed by atoms with van der Waals surface area (Å²) in [6.07, 6.45) is 12.2. The fraction of sp³-hybridized carbons (Fsp3) is 0.824. The summed E-state index contributed by atoms with van der Waals surface area (Å²) in [5.74, 6) is 2.69. The number of rotatable bonds is 6. The predicted octanol–water partition coefficient (Wildman–Crippen LogP) is 3.40. The zero-order valence-corrected chi connectivity index (χ0v) is 13.6. The first-order valence-corrected chi connectivity index (χ1v) is 8.25. The molecule has 0 aliphatic heterocycles. The highest BCUT2D eigenvalue weighted by molar-refractivity contribution is 5.04. The summed E-state index contributed by atoms with van der Waals surface area (Å²) in [7, 11) is 4.12. The first-order chi connectivity index (χ1) is 9.60. The van der Waals surface area contributed by atoms with Crippen LogP contribution in [0, 0.1) is 17.8 Å². The SMILES string of the molecule is CNC(CCc1cnn(C)c1)C1CCC(C(C)C)CC1. The van der Waals surface area contributed by atoms with Gasteiger partial charge in [-0.25, -0.2) is 0 Å². The van der Waals surface area contributed by atoms with Gasteiger partial charge in [-0.3, -0.25) is 4.68 Å². The molecule has 114 valence electrons. The van der Waals surface area contributed by atoms with Crippen LogP contribution in [0.2, 0.25) is 0 Å². The molecule has 2 rings (SSSR count). The standard InChI is InChI=1S/C17H31N3/c1-13(2)15-6-8-16(9-7-15)17(18-3)10-5-14-11-19-20(4)12-14/h11-13,15-18H,5-10H2,1-4H3. The number of aryl methyl sites for hydroxylation is 2. The van der Waals surface area contributed by atoms with Crippen molar-refractivity contribution in [2.45, 2.75) is 58.4 Å². The average Bonchev–Trinajstić information content (AvgIpc) is 2.86. The average molecular weight is 277 g/mol. The van der Waals surface area contributed by atoms with Crippen molar-refractivity contribution in [1.82, 2.24) is 15.1 Å². The van der Waals surface area contributed by atoms with Gasteiger partial charge in [0.1, 0.15) is 0 Å². The van der Waals surface area contributed by atoms with E-state index in [2.05, 4.69) is 37.5 Å². The van der Waals surface area contributed by atoms with Gasteiger partial charge in [0.2, 0.25) is 0 Å². The van der Waals surface area contributed by atoms with Gasteiger partial charge in [0.25, 0.3) is 0 Å². The van der Waals surface area contributed by atoms with Crippen LogP contribution in [-0.2, 0) is 13.5 Å². The fourth-order valence-corrected chi connectivity index (χ4v) is 3.75. The minimum Gasteiger partial charge on any atom is -0.317 e. The van der Waals surface area contributed by atoms with E-state index in [1.807, 2.05) is 17.9 Å². The summed E-state index contributed by atoms with van der Waals surface area (Å²) in [5.41, 5.74) is 1.36. The molecule has 1 aliphatic rings. The highest BCUT2D eigenvalue weighted by Gasteiger charge is 2.27. The van der Waals surface area contributed by atoms with E-state index in [0.29, 0.717) is 6.04 Å². The highest BCUT2D eigenvalue weighted by atomic mass is 15.2. The lowest BCUT2D eigenvalue weighted by molar-refractivity contribution is 0.188. The lowest BCUT2D eigenvalue weighted by Crippen LogP contribution is -2.36. The zero-order valence-electron chi connectivity index (χ0n) is 13.6. The van der Waals surface area contributed by atoms with Gasteiger partial charge in [0, 0.05) is 19.3 Å². The largest absolute Gasteiger partial charge is 0.317 e. The van der Waals surface area contributed by atoms with Gasteiger partial charge in [-0.05, 0) is 68.9 Å². The van der Waals surface area contributed by atoms with Crippen LogP contribution in [0.15, 0.2) is 12.4 Å². The van der Waals surface area contributed by atoms with Gasteiger partial charge >= 0.3 is 0 Å². The predicted molar refractivity (Wildman–Crippen MR) is 84.7 cm³/mol. The molecule has 0 radical (unpaired) electrons. The lowest BCUT2D eigenvalue weighted by atomic mass is 9.74. The summed E-state index contributed by atoms with van der Waals surface area (Å²) >= 11 is 0. The number of aromatic nitrogens is 2. The molecular formula is C17H31N3. The van der Waals surface area contributed by atoms with Crippen LogP contribution in [-0.4, -0.2) is 22.9 Å². The Balaban J connectivity index is 1.80. The maximum atomic E-state index is 4.26. The van der Waals surface area contributed by atoms with Crippen LogP contribution in [0.5, 0.6) is 0 Å². The molecule has 0 aromatic carbocycles. The van der Waals surface area contributed by atoms with Crippen molar-refractivity contribution in [3.05, 3.63) is 18.0 Å². The second-order valence-corrected chi connectivity index (χ2v) is 6.87. The monoisotopic (exact) mass is 277 g/mol. The van der Waals surface area contributed by atoms with Crippen molar-refractivity contribution in [3.63, 3.8) is 0 Å². The smallest absolute Gasteiger partial charge is 0.0521 e. The van der Waals surface area contributed by atoms with E-state index >= 15 is 0 Å². The molecule has 3 heteroatoms. The third-order valence-corrected chi connectivity index (χ3v) is 5.20. The third kappa shape index (κ3) is 4.08. The van der Waals surface area contributed by atoms with Crippen molar-refractivity contribution < 1.29 is 0 Å². The highest BCUT2D eigenvalue weighted by Crippen LogP contribution is 2.35. The van der Waals surface area contributed by atoms with Gasteiger partial charge < -0.3 is 5.32 Å². The van der Waals surface area contributed by atoms with E-state index in [9.17, 15) is 0 Å². The molecule has 1 atom stereocenters. The molecule has 0 bridgehead atoms. The van der Waals surface area contributed by atoms with Crippen LogP contribution in [0.4, 0.5) is 0 Å². The Bertz CT molecular complexity index is 389. The van der Waals surface area contributed by atoms with Crippen LogP contribution in [0.25, 0.3) is 0 Å². The Morgan fingerprint density at radius 3 is 2.40 bits per heavy atom. The minimum absolute atomic E-state index is 0.670. The van der Waals surface area contributed by atoms with E-state index in [1.165, 1.54) is 37.7 Å². The van der Waals surface area contributed by atoms with Crippen molar-refractivity contribution >= 4 is 0 Å². The molecule has 1 aliphatic carbocycles. The number of hydrogen-bond acceptors (Lipinski definition) is 2. The molecule has 1 unspecified atom stereocenters. The molecule has 3 nitrogen and oxygen atoms in total. The van der Waals surface area contributed by atoms with Crippen molar-refractivity contribution in [2.75, 3.05) is 7.05 Å². The quantitative estimate of drug-likeness (QED) is 0.863. The van der Waals surface area contributed by atoms with Gasteiger partial charge in [-0.1, -0.05) is 13.8 Å². The van der Waals surface area contributed by atoms with Crippen molar-refractivity contribution in [3.8, 4) is 0 Å². The van der Waals surface area contributed by atoms with Gasteiger partial charge in [-0.15, -0.1) is 0 Å². The molecule has 20 heavy (non-hydrogen) atoms. The van der Waals surface area contributed by atoms with E-state index in [0.717, 1.165) is 24.2 Å². The molecule has 1 saturated carbocycles. The van der Waals surface area contributed by atoms with Crippen molar-refractivity contribution in [2.24, 2.45) is 24.8 Å². The minimum atomic E-state index is 0.670. The normalized spacial score (nSPS) is 25.1. The van der Waals surface area contributed by atoms with E-state index in [-0.39, 0.29) is 0 Å². The molecule has 0 amide bonds. The Labute approximate surface area is 124 Å². The Morgan fingerprint density at radius 2 is 1.90 bits per heavy atom. The van der Waals surface area contributed by atoms with Crippen LogP contribution in [0.1, 0.15) is 51.5 Å². The van der Waals surface area contributed by atoms with Gasteiger partial charge in [0.15, 0.2) is 0 Å². The molecule has 1 N–H and O–H groups in total. The Morgan fingerprint density at radius 1 is 1.25 bits per heavy atom. The summed E-state index contributed by atoms with van der Waals surface area (Å²) in [5, 5.41) is 7.82. The number of nitrogens with one attached hydrogen (secondary N) is 1. The second kappa shape index (κ2) is 7.26. The molecular weight excluding hydrogens is 246 g/mol. The van der Waals surface area contributed by atoms with Gasteiger partial charge in [0.05, 0.1) is 6.20 Å². The van der Waals surface area contributed by atoms with Crippen LogP contribution in [0.3, 0.4) is 0 Å². The number of hydrogen-bond donors (Lipinski definition) is 1. The maximum Gasteiger partial charge on any atom is 0.0521 e. The summed E-state index contributed by atoms with van der Waals surface area (Å²) in [6.45, 7) is 4.76. The van der Waals surface area contributed by atoms with Crippen LogP contribution >= 0.6 is 0 Å². The van der Waals surface area contributed by atoms with E-state index in [4.69, 9.17) is 0 Å². The summed E-state index contributed by atoms with van der Waals surface area (Å²) in [6, 6.07) is 0.670. The topological polar surface area (TPSA) is 29.9 Å². The van der Waals surface area contributed by atoms with Crippen molar-refractivity contribution in [1.29, 1.82) is 0 Å². The first-order valence-electron chi connectivity index (χ1n) is 8.25. The fourth-order valence-electron chi connectivity index (χ4n) is 3.75. The molecule has 1 aromatic rings. The lowest BCUT2D eigenvalue weighted by Gasteiger charge is -2.35. The zero-order chi connectivity index (χ0) is 14.5. The Hall–Kier alpha value is -0.830. The summed E-state index contributed by atoms with van der Waals surface area (Å²) < 4.78 is 1.90. The van der Waals surface area contributed by atoms with E-state index in [1.54, 1.807) is 0 Å². The molecule has 0 saturated heterocycles. The molecule has 1 fully saturated rings.